The van der Waals surface area contributed by atoms with Crippen molar-refractivity contribution >= 4 is 27.3 Å². The molecule has 0 bridgehead atoms. The van der Waals surface area contributed by atoms with E-state index in [0.717, 1.165) is 37.6 Å². The van der Waals surface area contributed by atoms with Gasteiger partial charge in [-0.25, -0.2) is 8.42 Å². The summed E-state index contributed by atoms with van der Waals surface area (Å²) in [5.74, 6) is -0.187. The molecule has 4 rings (SSSR count). The zero-order valence-electron chi connectivity index (χ0n) is 18.5. The zero-order chi connectivity index (χ0) is 23.3. The number of carbonyl (C=O) groups is 1. The number of ether oxygens (including phenoxy) is 1. The standard InChI is InChI=1S/C25H27N3O4S/c1-27(19-20-10-12-23(13-11-20)28-14-16-32-17-15-28)25(29)21-6-5-7-22(18-21)26-33(30,31)24-8-3-2-4-9-24/h2-13,18,26H,14-17,19H2,1H3. The highest BCUT2D eigenvalue weighted by atomic mass is 32.2. The van der Waals surface area contributed by atoms with E-state index in [-0.39, 0.29) is 10.8 Å². The van der Waals surface area contributed by atoms with Crippen LogP contribution in [0.4, 0.5) is 11.4 Å². The molecule has 172 valence electrons. The van der Waals surface area contributed by atoms with E-state index >= 15 is 0 Å². The van der Waals surface area contributed by atoms with Gasteiger partial charge in [0.25, 0.3) is 15.9 Å². The largest absolute Gasteiger partial charge is 0.378 e. The van der Waals surface area contributed by atoms with Crippen molar-refractivity contribution < 1.29 is 17.9 Å². The average Bonchev–Trinajstić information content (AvgIpc) is 2.85. The number of amides is 1. The van der Waals surface area contributed by atoms with Crippen LogP contribution in [-0.2, 0) is 21.3 Å². The zero-order valence-corrected chi connectivity index (χ0v) is 19.3. The fourth-order valence-electron chi connectivity index (χ4n) is 3.73. The van der Waals surface area contributed by atoms with Crippen LogP contribution in [0.2, 0.25) is 0 Å². The molecule has 0 saturated carbocycles. The third kappa shape index (κ3) is 5.71. The summed E-state index contributed by atoms with van der Waals surface area (Å²) in [5, 5.41) is 0. The molecule has 0 aliphatic carbocycles. The molecule has 1 fully saturated rings. The van der Waals surface area contributed by atoms with Crippen molar-refractivity contribution in [2.45, 2.75) is 11.4 Å². The van der Waals surface area contributed by atoms with E-state index in [0.29, 0.717) is 17.8 Å². The average molecular weight is 466 g/mol. The molecular weight excluding hydrogens is 438 g/mol. The van der Waals surface area contributed by atoms with E-state index in [1.165, 1.54) is 12.1 Å². The van der Waals surface area contributed by atoms with Crippen LogP contribution in [0.3, 0.4) is 0 Å². The van der Waals surface area contributed by atoms with Gasteiger partial charge in [-0.1, -0.05) is 36.4 Å². The molecule has 3 aromatic rings. The molecule has 3 aromatic carbocycles. The van der Waals surface area contributed by atoms with Crippen molar-refractivity contribution in [1.29, 1.82) is 0 Å². The maximum Gasteiger partial charge on any atom is 0.261 e. The lowest BCUT2D eigenvalue weighted by atomic mass is 10.1. The van der Waals surface area contributed by atoms with Gasteiger partial charge in [0.15, 0.2) is 0 Å². The predicted molar refractivity (Wildman–Crippen MR) is 129 cm³/mol. The normalized spacial score (nSPS) is 14.0. The molecule has 0 aromatic heterocycles. The van der Waals surface area contributed by atoms with Crippen LogP contribution >= 0.6 is 0 Å². The molecule has 33 heavy (non-hydrogen) atoms. The lowest BCUT2D eigenvalue weighted by Gasteiger charge is -2.29. The van der Waals surface area contributed by atoms with Gasteiger partial charge in [0, 0.05) is 43.6 Å². The van der Waals surface area contributed by atoms with E-state index in [1.54, 1.807) is 54.4 Å². The summed E-state index contributed by atoms with van der Waals surface area (Å²) in [4.78, 5) is 17.0. The minimum absolute atomic E-state index is 0.166. The van der Waals surface area contributed by atoms with E-state index in [2.05, 4.69) is 21.8 Å². The highest BCUT2D eigenvalue weighted by Gasteiger charge is 2.17. The maximum absolute atomic E-state index is 13.0. The Hall–Kier alpha value is -3.36. The van der Waals surface area contributed by atoms with Gasteiger partial charge in [-0.2, -0.15) is 0 Å². The first-order valence-corrected chi connectivity index (χ1v) is 12.3. The van der Waals surface area contributed by atoms with Crippen molar-refractivity contribution in [2.24, 2.45) is 0 Å². The van der Waals surface area contributed by atoms with Gasteiger partial charge in [-0.05, 0) is 48.0 Å². The second-order valence-electron chi connectivity index (χ2n) is 7.93. The number of nitrogens with one attached hydrogen (secondary N) is 1. The first-order valence-electron chi connectivity index (χ1n) is 10.8. The third-order valence-corrected chi connectivity index (χ3v) is 6.89. The van der Waals surface area contributed by atoms with Crippen LogP contribution < -0.4 is 9.62 Å². The van der Waals surface area contributed by atoms with E-state index in [9.17, 15) is 13.2 Å². The Bertz CT molecular complexity index is 1190. The molecule has 0 spiro atoms. The first-order chi connectivity index (χ1) is 15.9. The minimum Gasteiger partial charge on any atom is -0.378 e. The second-order valence-corrected chi connectivity index (χ2v) is 9.61. The molecule has 8 heteroatoms. The fourth-order valence-corrected chi connectivity index (χ4v) is 4.80. The van der Waals surface area contributed by atoms with Crippen molar-refractivity contribution in [3.05, 3.63) is 90.0 Å². The number of hydrogen-bond donors (Lipinski definition) is 1. The lowest BCUT2D eigenvalue weighted by Crippen LogP contribution is -2.36. The Morgan fingerprint density at radius 1 is 0.970 bits per heavy atom. The van der Waals surface area contributed by atoms with Gasteiger partial charge < -0.3 is 14.5 Å². The van der Waals surface area contributed by atoms with Crippen molar-refractivity contribution in [1.82, 2.24) is 4.90 Å². The van der Waals surface area contributed by atoms with Gasteiger partial charge in [0.05, 0.1) is 18.1 Å². The Balaban J connectivity index is 1.41. The number of carbonyl (C=O) groups excluding carboxylic acids is 1. The molecule has 1 amide bonds. The van der Waals surface area contributed by atoms with Crippen LogP contribution in [0.25, 0.3) is 0 Å². The Morgan fingerprint density at radius 2 is 1.67 bits per heavy atom. The smallest absolute Gasteiger partial charge is 0.261 e. The first kappa shape index (κ1) is 22.8. The topological polar surface area (TPSA) is 79.0 Å². The Labute approximate surface area is 194 Å². The molecule has 1 aliphatic heterocycles. The SMILES string of the molecule is CN(Cc1ccc(N2CCOCC2)cc1)C(=O)c1cccc(NS(=O)(=O)c2ccccc2)c1. The number of sulfonamides is 1. The summed E-state index contributed by atoms with van der Waals surface area (Å²) in [7, 11) is -1.99. The molecule has 1 aliphatic rings. The van der Waals surface area contributed by atoms with Crippen LogP contribution in [0.1, 0.15) is 15.9 Å². The molecule has 0 radical (unpaired) electrons. The summed E-state index contributed by atoms with van der Waals surface area (Å²) in [5.41, 5.74) is 2.92. The van der Waals surface area contributed by atoms with Crippen molar-refractivity contribution in [3.63, 3.8) is 0 Å². The number of rotatable bonds is 7. The van der Waals surface area contributed by atoms with Gasteiger partial charge >= 0.3 is 0 Å². The van der Waals surface area contributed by atoms with Gasteiger partial charge in [-0.15, -0.1) is 0 Å². The Kier molecular flexibility index (Phi) is 6.96. The van der Waals surface area contributed by atoms with Crippen molar-refractivity contribution in [3.8, 4) is 0 Å². The third-order valence-electron chi connectivity index (χ3n) is 5.49. The van der Waals surface area contributed by atoms with Crippen LogP contribution in [0.5, 0.6) is 0 Å². The summed E-state index contributed by atoms with van der Waals surface area (Å²) in [6, 6.07) is 22.8. The number of morpholine rings is 1. The van der Waals surface area contributed by atoms with Gasteiger partial charge in [0.2, 0.25) is 0 Å². The lowest BCUT2D eigenvalue weighted by molar-refractivity contribution is 0.0785. The predicted octanol–water partition coefficient (Wildman–Crippen LogP) is 3.60. The summed E-state index contributed by atoms with van der Waals surface area (Å²) in [6.45, 7) is 3.67. The molecular formula is C25H27N3O4S. The molecule has 1 N–H and O–H groups in total. The van der Waals surface area contributed by atoms with E-state index in [1.807, 2.05) is 12.1 Å². The summed E-state index contributed by atoms with van der Waals surface area (Å²) >= 11 is 0. The monoisotopic (exact) mass is 465 g/mol. The van der Waals surface area contributed by atoms with Crippen LogP contribution in [0.15, 0.2) is 83.8 Å². The molecule has 7 nitrogen and oxygen atoms in total. The van der Waals surface area contributed by atoms with E-state index in [4.69, 9.17) is 4.74 Å². The number of anilines is 2. The number of benzene rings is 3. The maximum atomic E-state index is 13.0. The number of nitrogens with zero attached hydrogens (tertiary/aromatic N) is 2. The van der Waals surface area contributed by atoms with Crippen LogP contribution in [0, 0.1) is 0 Å². The summed E-state index contributed by atoms with van der Waals surface area (Å²) < 4.78 is 33.1. The second kappa shape index (κ2) is 10.1. The number of hydrogen-bond acceptors (Lipinski definition) is 5. The molecule has 1 saturated heterocycles. The van der Waals surface area contributed by atoms with Gasteiger partial charge in [0.1, 0.15) is 0 Å². The van der Waals surface area contributed by atoms with E-state index < -0.39 is 10.0 Å². The van der Waals surface area contributed by atoms with Crippen LogP contribution in [-0.4, -0.2) is 52.6 Å². The van der Waals surface area contributed by atoms with Crippen molar-refractivity contribution in [2.75, 3.05) is 43.0 Å². The highest BCUT2D eigenvalue weighted by molar-refractivity contribution is 7.92. The molecule has 0 unspecified atom stereocenters. The minimum atomic E-state index is -3.72. The molecule has 1 heterocycles. The fraction of sp³-hybridized carbons (Fsp3) is 0.240. The highest BCUT2D eigenvalue weighted by Crippen LogP contribution is 2.20. The summed E-state index contributed by atoms with van der Waals surface area (Å²) in [6.07, 6.45) is 0. The Morgan fingerprint density at radius 3 is 2.36 bits per heavy atom. The quantitative estimate of drug-likeness (QED) is 0.577. The molecule has 0 atom stereocenters. The van der Waals surface area contributed by atoms with Gasteiger partial charge in [-0.3, -0.25) is 9.52 Å².